The zero-order valence-electron chi connectivity index (χ0n) is 46.8. The summed E-state index contributed by atoms with van der Waals surface area (Å²) in [6, 6.07) is 0. The number of ether oxygens (including phenoxy) is 3. The first-order valence-electron chi connectivity index (χ1n) is 29.1. The molecule has 0 aromatic rings. The van der Waals surface area contributed by atoms with Gasteiger partial charge in [0.1, 0.15) is 12.7 Å². The molecule has 0 amide bonds. The Kier molecular flexibility index (Phi) is 52.9. The van der Waals surface area contributed by atoms with Crippen molar-refractivity contribution >= 4 is 25.7 Å². The number of esters is 3. The molecule has 0 aromatic carbocycles. The van der Waals surface area contributed by atoms with Crippen LogP contribution in [0.3, 0.4) is 0 Å². The fourth-order valence-corrected chi connectivity index (χ4v) is 8.42. The Balaban J connectivity index is 4.81. The highest BCUT2D eigenvalue weighted by molar-refractivity contribution is 7.47. The van der Waals surface area contributed by atoms with E-state index in [1.165, 1.54) is 70.6 Å². The molecule has 0 aliphatic heterocycles. The molecule has 0 rings (SSSR count). The van der Waals surface area contributed by atoms with E-state index in [0.29, 0.717) is 19.3 Å². The molecule has 424 valence electrons. The van der Waals surface area contributed by atoms with Gasteiger partial charge in [0, 0.05) is 19.3 Å². The summed E-state index contributed by atoms with van der Waals surface area (Å²) in [7, 11) is -4.77. The molecule has 3 unspecified atom stereocenters. The monoisotopic (exact) mass is 1060 g/mol. The van der Waals surface area contributed by atoms with Crippen molar-refractivity contribution in [1.82, 2.24) is 0 Å². The number of unbranched alkanes of at least 4 members (excludes halogenated alkanes) is 20. The van der Waals surface area contributed by atoms with E-state index < -0.39 is 57.8 Å². The van der Waals surface area contributed by atoms with E-state index in [-0.39, 0.29) is 25.9 Å². The lowest BCUT2D eigenvalue weighted by atomic mass is 10.0. The number of phosphoric acid groups is 1. The molecule has 0 saturated heterocycles. The van der Waals surface area contributed by atoms with Gasteiger partial charge in [-0.25, -0.2) is 4.57 Å². The molecule has 0 bridgehead atoms. The number of rotatable bonds is 53. The van der Waals surface area contributed by atoms with Crippen LogP contribution in [-0.4, -0.2) is 66.5 Å². The van der Waals surface area contributed by atoms with Gasteiger partial charge in [-0.2, -0.15) is 0 Å². The molecule has 12 heteroatoms. The SMILES string of the molecule is CC/C=C\C/C=C\C/C=C\C/C=C\CCCCCCC(=O)OC(COC(=O)CCCC/C=C\C/C=C\C/C=C\C/C=C\CC)COP(=O)(O)OCC(CO)OC(=O)CCCCCCCCCCCCCCCCC. The molecular formula is C62H105O11P. The van der Waals surface area contributed by atoms with E-state index in [4.69, 9.17) is 23.3 Å². The largest absolute Gasteiger partial charge is 0.472 e. The number of hydrogen-bond donors (Lipinski definition) is 2. The lowest BCUT2D eigenvalue weighted by Crippen LogP contribution is -2.30. The highest BCUT2D eigenvalue weighted by Gasteiger charge is 2.28. The third-order valence-electron chi connectivity index (χ3n) is 12.0. The minimum atomic E-state index is -4.77. The summed E-state index contributed by atoms with van der Waals surface area (Å²) in [5, 5.41) is 9.82. The molecule has 74 heavy (non-hydrogen) atoms. The highest BCUT2D eigenvalue weighted by atomic mass is 31.2. The van der Waals surface area contributed by atoms with Crippen LogP contribution < -0.4 is 0 Å². The average molecular weight is 1060 g/mol. The van der Waals surface area contributed by atoms with Crippen molar-refractivity contribution in [2.24, 2.45) is 0 Å². The van der Waals surface area contributed by atoms with Crippen LogP contribution in [0.15, 0.2) is 97.2 Å². The minimum Gasteiger partial charge on any atom is -0.462 e. The van der Waals surface area contributed by atoms with E-state index in [0.717, 1.165) is 109 Å². The van der Waals surface area contributed by atoms with Gasteiger partial charge in [-0.3, -0.25) is 23.4 Å². The van der Waals surface area contributed by atoms with Crippen LogP contribution in [0.2, 0.25) is 0 Å². The molecule has 0 aliphatic carbocycles. The van der Waals surface area contributed by atoms with Crippen molar-refractivity contribution < 1.29 is 52.2 Å². The number of aliphatic hydroxyl groups excluding tert-OH is 1. The molecule has 0 spiro atoms. The zero-order valence-corrected chi connectivity index (χ0v) is 47.7. The van der Waals surface area contributed by atoms with Crippen LogP contribution in [0, 0.1) is 0 Å². The number of carbonyl (C=O) groups excluding carboxylic acids is 3. The second-order valence-corrected chi connectivity index (χ2v) is 20.5. The lowest BCUT2D eigenvalue weighted by Gasteiger charge is -2.21. The maximum absolute atomic E-state index is 12.9. The fraction of sp³-hybridized carbons (Fsp3) is 0.694. The molecule has 0 aromatic heterocycles. The summed E-state index contributed by atoms with van der Waals surface area (Å²) >= 11 is 0. The van der Waals surface area contributed by atoms with Gasteiger partial charge in [0.25, 0.3) is 0 Å². The maximum atomic E-state index is 12.9. The molecule has 0 aliphatic rings. The number of allylic oxidation sites excluding steroid dienone is 16. The Morgan fingerprint density at radius 3 is 1.11 bits per heavy atom. The first-order valence-corrected chi connectivity index (χ1v) is 30.6. The molecule has 0 radical (unpaired) electrons. The molecular weight excluding hydrogens is 952 g/mol. The van der Waals surface area contributed by atoms with E-state index in [1.807, 2.05) is 0 Å². The predicted molar refractivity (Wildman–Crippen MR) is 307 cm³/mol. The minimum absolute atomic E-state index is 0.127. The molecule has 2 N–H and O–H groups in total. The van der Waals surface area contributed by atoms with E-state index in [2.05, 4.69) is 118 Å². The van der Waals surface area contributed by atoms with Crippen LogP contribution in [0.4, 0.5) is 0 Å². The third kappa shape index (κ3) is 53.2. The van der Waals surface area contributed by atoms with Gasteiger partial charge < -0.3 is 24.2 Å². The number of phosphoric ester groups is 1. The summed E-state index contributed by atoms with van der Waals surface area (Å²) < 4.78 is 39.5. The van der Waals surface area contributed by atoms with Crippen LogP contribution in [0.5, 0.6) is 0 Å². The zero-order chi connectivity index (χ0) is 54.1. The Hall–Kier alpha value is -3.60. The Labute approximate surface area is 451 Å². The Bertz CT molecular complexity index is 1610. The topological polar surface area (TPSA) is 155 Å². The fourth-order valence-electron chi connectivity index (χ4n) is 7.63. The van der Waals surface area contributed by atoms with Crippen molar-refractivity contribution in [1.29, 1.82) is 0 Å². The lowest BCUT2D eigenvalue weighted by molar-refractivity contribution is -0.161. The number of aliphatic hydroxyl groups is 1. The summed E-state index contributed by atoms with van der Waals surface area (Å²) in [5.74, 6) is -1.54. The van der Waals surface area contributed by atoms with Crippen LogP contribution in [0.1, 0.15) is 239 Å². The summed E-state index contributed by atoms with van der Waals surface area (Å²) in [5.41, 5.74) is 0. The van der Waals surface area contributed by atoms with Crippen molar-refractivity contribution in [2.45, 2.75) is 251 Å². The maximum Gasteiger partial charge on any atom is 0.472 e. The summed E-state index contributed by atoms with van der Waals surface area (Å²) in [4.78, 5) is 48.5. The summed E-state index contributed by atoms with van der Waals surface area (Å²) in [6.07, 6.45) is 65.1. The smallest absolute Gasteiger partial charge is 0.462 e. The van der Waals surface area contributed by atoms with E-state index >= 15 is 0 Å². The second kappa shape index (κ2) is 55.6. The molecule has 0 heterocycles. The first-order chi connectivity index (χ1) is 36.2. The van der Waals surface area contributed by atoms with E-state index in [9.17, 15) is 28.9 Å². The third-order valence-corrected chi connectivity index (χ3v) is 13.0. The molecule has 0 fully saturated rings. The number of carbonyl (C=O) groups is 3. The average Bonchev–Trinajstić information content (AvgIpc) is 3.39. The quantitative estimate of drug-likeness (QED) is 0.0197. The van der Waals surface area contributed by atoms with Gasteiger partial charge in [0.05, 0.1) is 19.8 Å². The van der Waals surface area contributed by atoms with Gasteiger partial charge in [0.2, 0.25) is 0 Å². The molecule has 3 atom stereocenters. The van der Waals surface area contributed by atoms with Gasteiger partial charge in [-0.15, -0.1) is 0 Å². The standard InChI is InChI=1S/C62H105O11P/c1-4-7-10-13-16-19-22-25-28-29-32-35-38-41-44-47-50-53-62(66)73-59(55-69-60(64)51-48-45-42-39-36-33-30-26-23-20-17-14-11-8-5-2)57-71-74(67,68)70-56-58(54-63)72-61(65)52-49-46-43-40-37-34-31-27-24-21-18-15-12-9-6-3/h7-8,10-11,16-17,19-20,25-26,28,30,32,35-36,39,58-59,63H,4-6,9,12-15,18,21-24,27,29,31,33-34,37-38,40-57H2,1-3H3,(H,67,68)/b10-7-,11-8-,19-16-,20-17-,28-25-,30-26-,35-32-,39-36-. The second-order valence-electron chi connectivity index (χ2n) is 19.0. The Morgan fingerprint density at radius 2 is 0.703 bits per heavy atom. The molecule has 11 nitrogen and oxygen atoms in total. The van der Waals surface area contributed by atoms with Crippen LogP contribution >= 0.6 is 7.82 Å². The van der Waals surface area contributed by atoms with Gasteiger partial charge in [0.15, 0.2) is 6.10 Å². The highest BCUT2D eigenvalue weighted by Crippen LogP contribution is 2.43. The van der Waals surface area contributed by atoms with Crippen molar-refractivity contribution in [3.8, 4) is 0 Å². The van der Waals surface area contributed by atoms with Crippen molar-refractivity contribution in [3.63, 3.8) is 0 Å². The van der Waals surface area contributed by atoms with Gasteiger partial charge in [-0.1, -0.05) is 221 Å². The molecule has 0 saturated carbocycles. The van der Waals surface area contributed by atoms with E-state index in [1.54, 1.807) is 0 Å². The first kappa shape index (κ1) is 70.4. The van der Waals surface area contributed by atoms with Crippen molar-refractivity contribution in [2.75, 3.05) is 26.4 Å². The van der Waals surface area contributed by atoms with Crippen molar-refractivity contribution in [3.05, 3.63) is 97.2 Å². The van der Waals surface area contributed by atoms with Crippen LogP contribution in [-0.2, 0) is 42.2 Å². The van der Waals surface area contributed by atoms with Gasteiger partial charge in [-0.05, 0) is 96.3 Å². The van der Waals surface area contributed by atoms with Gasteiger partial charge >= 0.3 is 25.7 Å². The summed E-state index contributed by atoms with van der Waals surface area (Å²) in [6.45, 7) is 4.35. The Morgan fingerprint density at radius 1 is 0.392 bits per heavy atom. The number of hydrogen-bond acceptors (Lipinski definition) is 10. The van der Waals surface area contributed by atoms with Crippen LogP contribution in [0.25, 0.3) is 0 Å². The predicted octanol–water partition coefficient (Wildman–Crippen LogP) is 17.3. The normalized spacial score (nSPS) is 14.1.